The van der Waals surface area contributed by atoms with E-state index in [4.69, 9.17) is 11.6 Å². The molecule has 4 rings (SSSR count). The molecule has 0 aliphatic heterocycles. The topological polar surface area (TPSA) is 30.7 Å². The second-order valence-corrected chi connectivity index (χ2v) is 6.05. The molecule has 0 N–H and O–H groups in total. The van der Waals surface area contributed by atoms with Gasteiger partial charge in [-0.2, -0.15) is 5.10 Å². The molecule has 0 bridgehead atoms. The van der Waals surface area contributed by atoms with Crippen molar-refractivity contribution in [1.82, 2.24) is 14.8 Å². The van der Waals surface area contributed by atoms with Crippen molar-refractivity contribution in [3.63, 3.8) is 0 Å². The number of fused-ring (bicyclic) bond motifs is 1. The minimum atomic E-state index is 0.887. The van der Waals surface area contributed by atoms with E-state index < -0.39 is 0 Å². The SMILES string of the molecule is Clc1ccc(-n2cc(-c3cccnc3)cn2)c2c1CCCC2. The van der Waals surface area contributed by atoms with Crippen LogP contribution in [0.2, 0.25) is 5.02 Å². The van der Waals surface area contributed by atoms with E-state index in [0.29, 0.717) is 0 Å². The largest absolute Gasteiger partial charge is 0.264 e. The van der Waals surface area contributed by atoms with Crippen molar-refractivity contribution in [2.45, 2.75) is 25.7 Å². The van der Waals surface area contributed by atoms with Crippen LogP contribution in [0, 0.1) is 0 Å². The number of benzene rings is 1. The molecule has 0 radical (unpaired) electrons. The Morgan fingerprint density at radius 3 is 2.64 bits per heavy atom. The summed E-state index contributed by atoms with van der Waals surface area (Å²) in [6.07, 6.45) is 12.2. The van der Waals surface area contributed by atoms with E-state index in [-0.39, 0.29) is 0 Å². The normalized spacial score (nSPS) is 13.9. The summed E-state index contributed by atoms with van der Waals surface area (Å²) < 4.78 is 1.96. The van der Waals surface area contributed by atoms with Crippen LogP contribution in [0.15, 0.2) is 49.1 Å². The van der Waals surface area contributed by atoms with Gasteiger partial charge in [0.05, 0.1) is 11.9 Å². The Bertz CT molecular complexity index is 808. The Labute approximate surface area is 134 Å². The highest BCUT2D eigenvalue weighted by Gasteiger charge is 2.17. The monoisotopic (exact) mass is 309 g/mol. The fourth-order valence-electron chi connectivity index (χ4n) is 3.16. The second kappa shape index (κ2) is 5.58. The molecule has 0 fully saturated rings. The van der Waals surface area contributed by atoms with Gasteiger partial charge in [-0.1, -0.05) is 17.7 Å². The number of nitrogens with zero attached hydrogens (tertiary/aromatic N) is 3. The van der Waals surface area contributed by atoms with Crippen molar-refractivity contribution >= 4 is 11.6 Å². The Balaban J connectivity index is 1.79. The smallest absolute Gasteiger partial charge is 0.0681 e. The Kier molecular flexibility index (Phi) is 3.43. The molecular weight excluding hydrogens is 294 g/mol. The van der Waals surface area contributed by atoms with Crippen LogP contribution in [-0.2, 0) is 12.8 Å². The number of hydrogen-bond donors (Lipinski definition) is 0. The Hall–Kier alpha value is -2.13. The first kappa shape index (κ1) is 13.5. The summed E-state index contributed by atoms with van der Waals surface area (Å²) in [6.45, 7) is 0. The van der Waals surface area contributed by atoms with Crippen LogP contribution in [0.5, 0.6) is 0 Å². The Morgan fingerprint density at radius 1 is 0.955 bits per heavy atom. The molecule has 2 aromatic heterocycles. The number of halogens is 1. The van der Waals surface area contributed by atoms with Crippen molar-refractivity contribution in [2.75, 3.05) is 0 Å². The zero-order valence-corrected chi connectivity index (χ0v) is 12.9. The third-order valence-corrected chi connectivity index (χ3v) is 4.63. The molecule has 0 unspecified atom stereocenters. The summed E-state index contributed by atoms with van der Waals surface area (Å²) in [7, 11) is 0. The second-order valence-electron chi connectivity index (χ2n) is 5.65. The lowest BCUT2D eigenvalue weighted by Crippen LogP contribution is -2.09. The number of rotatable bonds is 2. The third-order valence-electron chi connectivity index (χ3n) is 4.28. The highest BCUT2D eigenvalue weighted by molar-refractivity contribution is 6.31. The van der Waals surface area contributed by atoms with Gasteiger partial charge in [0.15, 0.2) is 0 Å². The summed E-state index contributed by atoms with van der Waals surface area (Å²) in [4.78, 5) is 4.17. The van der Waals surface area contributed by atoms with Crippen molar-refractivity contribution < 1.29 is 0 Å². The molecule has 0 saturated carbocycles. The van der Waals surface area contributed by atoms with Gasteiger partial charge in [0.1, 0.15) is 0 Å². The zero-order valence-electron chi connectivity index (χ0n) is 12.2. The molecule has 3 aromatic rings. The highest BCUT2D eigenvalue weighted by Crippen LogP contribution is 2.32. The number of aromatic nitrogens is 3. The molecule has 22 heavy (non-hydrogen) atoms. The molecule has 2 heterocycles. The van der Waals surface area contributed by atoms with Crippen LogP contribution in [-0.4, -0.2) is 14.8 Å². The average Bonchev–Trinajstić information content (AvgIpc) is 3.06. The van der Waals surface area contributed by atoms with E-state index in [0.717, 1.165) is 34.7 Å². The first-order valence-electron chi connectivity index (χ1n) is 7.58. The maximum absolute atomic E-state index is 6.36. The van der Waals surface area contributed by atoms with Crippen molar-refractivity contribution in [2.24, 2.45) is 0 Å². The maximum atomic E-state index is 6.36. The lowest BCUT2D eigenvalue weighted by atomic mass is 9.90. The lowest BCUT2D eigenvalue weighted by molar-refractivity contribution is 0.677. The fourth-order valence-corrected chi connectivity index (χ4v) is 3.43. The summed E-state index contributed by atoms with van der Waals surface area (Å²) in [5.41, 5.74) is 5.95. The summed E-state index contributed by atoms with van der Waals surface area (Å²) in [5.74, 6) is 0. The van der Waals surface area contributed by atoms with Gasteiger partial charge in [-0.25, -0.2) is 4.68 Å². The molecule has 1 aliphatic rings. The standard InChI is InChI=1S/C18H16ClN3/c19-17-7-8-18(16-6-2-1-5-15(16)17)22-12-14(11-21-22)13-4-3-9-20-10-13/h3-4,7-12H,1-2,5-6H2. The van der Waals surface area contributed by atoms with Crippen LogP contribution in [0.4, 0.5) is 0 Å². The van der Waals surface area contributed by atoms with Crippen LogP contribution in [0.1, 0.15) is 24.0 Å². The average molecular weight is 310 g/mol. The van der Waals surface area contributed by atoms with E-state index in [9.17, 15) is 0 Å². The summed E-state index contributed by atoms with van der Waals surface area (Å²) >= 11 is 6.36. The highest BCUT2D eigenvalue weighted by atomic mass is 35.5. The molecular formula is C18H16ClN3. The minimum Gasteiger partial charge on any atom is -0.264 e. The minimum absolute atomic E-state index is 0.887. The quantitative estimate of drug-likeness (QED) is 0.699. The molecule has 1 aliphatic carbocycles. The van der Waals surface area contributed by atoms with Crippen LogP contribution in [0.25, 0.3) is 16.8 Å². The van der Waals surface area contributed by atoms with Gasteiger partial charge in [-0.3, -0.25) is 4.98 Å². The van der Waals surface area contributed by atoms with E-state index in [1.54, 1.807) is 6.20 Å². The van der Waals surface area contributed by atoms with Crippen molar-refractivity contribution in [3.05, 3.63) is 65.2 Å². The van der Waals surface area contributed by atoms with E-state index >= 15 is 0 Å². The van der Waals surface area contributed by atoms with Gasteiger partial charge in [0.25, 0.3) is 0 Å². The molecule has 1 aromatic carbocycles. The maximum Gasteiger partial charge on any atom is 0.0681 e. The van der Waals surface area contributed by atoms with E-state index in [2.05, 4.69) is 22.3 Å². The summed E-state index contributed by atoms with van der Waals surface area (Å²) in [6, 6.07) is 8.06. The molecule has 0 amide bonds. The van der Waals surface area contributed by atoms with Gasteiger partial charge in [0.2, 0.25) is 0 Å². The van der Waals surface area contributed by atoms with Gasteiger partial charge in [-0.05, 0) is 55.0 Å². The predicted molar refractivity (Wildman–Crippen MR) is 88.4 cm³/mol. The lowest BCUT2D eigenvalue weighted by Gasteiger charge is -2.20. The molecule has 3 nitrogen and oxygen atoms in total. The molecule has 0 spiro atoms. The first-order chi connectivity index (χ1) is 10.8. The van der Waals surface area contributed by atoms with Crippen molar-refractivity contribution in [3.8, 4) is 16.8 Å². The van der Waals surface area contributed by atoms with Gasteiger partial charge in [-0.15, -0.1) is 0 Å². The van der Waals surface area contributed by atoms with Crippen LogP contribution in [0.3, 0.4) is 0 Å². The molecule has 0 atom stereocenters. The van der Waals surface area contributed by atoms with Gasteiger partial charge in [0, 0.05) is 34.7 Å². The molecule has 110 valence electrons. The molecule has 4 heteroatoms. The third kappa shape index (κ3) is 2.32. The number of hydrogen-bond acceptors (Lipinski definition) is 2. The van der Waals surface area contributed by atoms with Gasteiger partial charge >= 0.3 is 0 Å². The van der Waals surface area contributed by atoms with Crippen molar-refractivity contribution in [1.29, 1.82) is 0 Å². The first-order valence-corrected chi connectivity index (χ1v) is 7.96. The molecule has 0 saturated heterocycles. The Morgan fingerprint density at radius 2 is 1.82 bits per heavy atom. The zero-order chi connectivity index (χ0) is 14.9. The fraction of sp³-hybridized carbons (Fsp3) is 0.222. The number of pyridine rings is 1. The van der Waals surface area contributed by atoms with Crippen LogP contribution >= 0.6 is 11.6 Å². The van der Waals surface area contributed by atoms with Crippen LogP contribution < -0.4 is 0 Å². The van der Waals surface area contributed by atoms with E-state index in [1.165, 1.54) is 24.0 Å². The summed E-state index contributed by atoms with van der Waals surface area (Å²) in [5, 5.41) is 5.43. The predicted octanol–water partition coefficient (Wildman–Crippen LogP) is 4.47. The van der Waals surface area contributed by atoms with Gasteiger partial charge < -0.3 is 0 Å². The van der Waals surface area contributed by atoms with E-state index in [1.807, 2.05) is 35.3 Å².